The van der Waals surface area contributed by atoms with Crippen molar-refractivity contribution in [3.63, 3.8) is 0 Å². The molecule has 0 spiro atoms. The van der Waals surface area contributed by atoms with Crippen molar-refractivity contribution in [3.05, 3.63) is 68.9 Å². The van der Waals surface area contributed by atoms with Crippen LogP contribution >= 0.6 is 0 Å². The first-order chi connectivity index (χ1) is 14.6. The Kier molecular flexibility index (Phi) is 4.69. The highest BCUT2D eigenvalue weighted by Gasteiger charge is 2.35. The van der Waals surface area contributed by atoms with Crippen molar-refractivity contribution in [3.8, 4) is 0 Å². The molecule has 3 aromatic rings. The van der Waals surface area contributed by atoms with Crippen LogP contribution in [0.1, 0.15) is 30.9 Å². The summed E-state index contributed by atoms with van der Waals surface area (Å²) in [5.74, 6) is 0.622. The van der Waals surface area contributed by atoms with E-state index in [4.69, 9.17) is 0 Å². The van der Waals surface area contributed by atoms with Crippen LogP contribution < -0.4 is 11.1 Å². The van der Waals surface area contributed by atoms with Gasteiger partial charge in [0.1, 0.15) is 5.52 Å². The fraction of sp³-hybridized carbons (Fsp3) is 0.409. The van der Waals surface area contributed by atoms with E-state index >= 15 is 0 Å². The highest BCUT2D eigenvalue weighted by Crippen LogP contribution is 2.35. The Hall–Kier alpha value is -3.29. The van der Waals surface area contributed by atoms with Gasteiger partial charge in [0.15, 0.2) is 0 Å². The first kappa shape index (κ1) is 18.7. The van der Waals surface area contributed by atoms with Crippen molar-refractivity contribution < 1.29 is 4.79 Å². The molecule has 0 aliphatic carbocycles. The van der Waals surface area contributed by atoms with Gasteiger partial charge in [0.25, 0.3) is 11.1 Å². The van der Waals surface area contributed by atoms with Crippen molar-refractivity contribution in [2.75, 3.05) is 13.1 Å². The van der Waals surface area contributed by atoms with E-state index in [1.54, 1.807) is 30.3 Å². The third-order valence-electron chi connectivity index (χ3n) is 6.22. The molecule has 2 atom stereocenters. The summed E-state index contributed by atoms with van der Waals surface area (Å²) < 4.78 is 3.20. The third kappa shape index (κ3) is 3.32. The van der Waals surface area contributed by atoms with Crippen LogP contribution in [0.5, 0.6) is 0 Å². The molecule has 2 aliphatic rings. The highest BCUT2D eigenvalue weighted by atomic mass is 16.2. The molecule has 1 fully saturated rings. The number of likely N-dealkylation sites (tertiary alicyclic amines) is 1. The topological polar surface area (TPSA) is 90.1 Å². The highest BCUT2D eigenvalue weighted by molar-refractivity contribution is 5.77. The third-order valence-corrected chi connectivity index (χ3v) is 6.22. The minimum absolute atomic E-state index is 0.0453. The van der Waals surface area contributed by atoms with Gasteiger partial charge in [0.2, 0.25) is 5.91 Å². The number of fused-ring (bicyclic) bond motifs is 5. The number of carbonyl (C=O) groups is 1. The van der Waals surface area contributed by atoms with Gasteiger partial charge in [0.05, 0.1) is 5.39 Å². The number of aryl methyl sites for hydroxylation is 1. The molecule has 2 aliphatic heterocycles. The lowest BCUT2D eigenvalue weighted by Crippen LogP contribution is -2.49. The molecular weight excluding hydrogens is 382 g/mol. The van der Waals surface area contributed by atoms with Gasteiger partial charge in [-0.25, -0.2) is 4.68 Å². The van der Waals surface area contributed by atoms with Crippen molar-refractivity contribution in [1.29, 1.82) is 0 Å². The predicted octanol–water partition coefficient (Wildman–Crippen LogP) is 1.38. The summed E-state index contributed by atoms with van der Waals surface area (Å²) >= 11 is 0. The zero-order chi connectivity index (χ0) is 20.7. The number of pyridine rings is 1. The first-order valence-corrected chi connectivity index (χ1v) is 10.4. The molecule has 1 amide bonds. The molecule has 8 heteroatoms. The quantitative estimate of drug-likeness (QED) is 0.654. The number of hydrogen-bond acceptors (Lipinski definition) is 5. The summed E-state index contributed by atoms with van der Waals surface area (Å²) in [6.07, 6.45) is 1.92. The van der Waals surface area contributed by atoms with Crippen molar-refractivity contribution >= 4 is 16.8 Å². The van der Waals surface area contributed by atoms with E-state index in [-0.39, 0.29) is 22.9 Å². The van der Waals surface area contributed by atoms with Crippen LogP contribution in [0, 0.1) is 5.92 Å². The standard InChI is InChI=1S/C22H23N5O3/c28-20(9-4-10-27-22(30)17-5-1-2-6-18(17)23-24-27)25-12-15-11-16(14-25)19-7-3-8-21(29)26(19)13-15/h1-3,5-8,15-16H,4,9-14H2. The summed E-state index contributed by atoms with van der Waals surface area (Å²) in [5, 5.41) is 8.62. The largest absolute Gasteiger partial charge is 0.342 e. The average Bonchev–Trinajstić information content (AvgIpc) is 2.76. The molecule has 1 aromatic carbocycles. The van der Waals surface area contributed by atoms with Gasteiger partial charge in [-0.3, -0.25) is 14.4 Å². The summed E-state index contributed by atoms with van der Waals surface area (Å²) in [4.78, 5) is 39.4. The average molecular weight is 405 g/mol. The van der Waals surface area contributed by atoms with Gasteiger partial charge in [-0.15, -0.1) is 5.10 Å². The first-order valence-electron chi connectivity index (χ1n) is 10.4. The predicted molar refractivity (Wildman–Crippen MR) is 111 cm³/mol. The number of benzene rings is 1. The number of rotatable bonds is 4. The van der Waals surface area contributed by atoms with E-state index in [0.717, 1.165) is 12.1 Å². The molecule has 2 aromatic heterocycles. The second kappa shape index (κ2) is 7.51. The molecule has 154 valence electrons. The summed E-state index contributed by atoms with van der Waals surface area (Å²) in [5.41, 5.74) is 1.48. The number of carbonyl (C=O) groups excluding carboxylic acids is 1. The lowest BCUT2D eigenvalue weighted by Gasteiger charge is -2.42. The molecule has 4 heterocycles. The Balaban J connectivity index is 1.24. The molecule has 0 N–H and O–H groups in total. The van der Waals surface area contributed by atoms with E-state index in [2.05, 4.69) is 10.3 Å². The van der Waals surface area contributed by atoms with Gasteiger partial charge < -0.3 is 9.47 Å². The van der Waals surface area contributed by atoms with Crippen LogP contribution in [0.2, 0.25) is 0 Å². The number of hydrogen-bond donors (Lipinski definition) is 0. The Bertz CT molecular complexity index is 1230. The molecule has 5 rings (SSSR count). The summed E-state index contributed by atoms with van der Waals surface area (Å²) in [6, 6.07) is 12.5. The second-order valence-corrected chi connectivity index (χ2v) is 8.24. The molecule has 0 saturated carbocycles. The van der Waals surface area contributed by atoms with Crippen molar-refractivity contribution in [2.45, 2.75) is 38.3 Å². The smallest absolute Gasteiger partial charge is 0.277 e. The summed E-state index contributed by atoms with van der Waals surface area (Å²) in [6.45, 7) is 2.37. The van der Waals surface area contributed by atoms with Gasteiger partial charge in [-0.05, 0) is 37.0 Å². The lowest BCUT2D eigenvalue weighted by atomic mass is 9.83. The minimum atomic E-state index is -0.178. The maximum Gasteiger partial charge on any atom is 0.277 e. The molecule has 2 unspecified atom stereocenters. The molecule has 30 heavy (non-hydrogen) atoms. The van der Waals surface area contributed by atoms with Gasteiger partial charge in [0, 0.05) is 50.3 Å². The van der Waals surface area contributed by atoms with Crippen molar-refractivity contribution in [2.24, 2.45) is 5.92 Å². The Labute approximate surface area is 172 Å². The van der Waals surface area contributed by atoms with Crippen LogP contribution in [-0.2, 0) is 17.9 Å². The summed E-state index contributed by atoms with van der Waals surface area (Å²) in [7, 11) is 0. The van der Waals surface area contributed by atoms with Crippen LogP contribution in [0.4, 0.5) is 0 Å². The van der Waals surface area contributed by atoms with E-state index in [9.17, 15) is 14.4 Å². The van der Waals surface area contributed by atoms with Gasteiger partial charge in [-0.1, -0.05) is 23.4 Å². The van der Waals surface area contributed by atoms with E-state index in [1.807, 2.05) is 21.6 Å². The van der Waals surface area contributed by atoms with Gasteiger partial charge in [-0.2, -0.15) is 0 Å². The van der Waals surface area contributed by atoms with Crippen LogP contribution in [-0.4, -0.2) is 43.5 Å². The fourth-order valence-corrected chi connectivity index (χ4v) is 4.81. The zero-order valence-electron chi connectivity index (χ0n) is 16.6. The van der Waals surface area contributed by atoms with Gasteiger partial charge >= 0.3 is 0 Å². The Morgan fingerprint density at radius 3 is 2.80 bits per heavy atom. The molecule has 2 bridgehead atoms. The van der Waals surface area contributed by atoms with Crippen molar-refractivity contribution in [1.82, 2.24) is 24.5 Å². The molecule has 1 saturated heterocycles. The van der Waals surface area contributed by atoms with Crippen LogP contribution in [0.3, 0.4) is 0 Å². The number of piperidine rings is 1. The SMILES string of the molecule is O=C(CCCn1nnc2ccccc2c1=O)N1CC2CC(C1)c1cccc(=O)n1C2. The fourth-order valence-electron chi connectivity index (χ4n) is 4.81. The van der Waals surface area contributed by atoms with E-state index in [0.29, 0.717) is 55.8 Å². The Morgan fingerprint density at radius 1 is 1.03 bits per heavy atom. The van der Waals surface area contributed by atoms with Crippen LogP contribution in [0.15, 0.2) is 52.1 Å². The minimum Gasteiger partial charge on any atom is -0.342 e. The molecule has 0 radical (unpaired) electrons. The van der Waals surface area contributed by atoms with E-state index < -0.39 is 0 Å². The van der Waals surface area contributed by atoms with E-state index in [1.165, 1.54) is 4.68 Å². The zero-order valence-corrected chi connectivity index (χ0v) is 16.6. The Morgan fingerprint density at radius 2 is 1.90 bits per heavy atom. The number of amides is 1. The lowest BCUT2D eigenvalue weighted by molar-refractivity contribution is -0.134. The molecule has 8 nitrogen and oxygen atoms in total. The molecular formula is C22H23N5O3. The normalized spacial score (nSPS) is 20.2. The maximum absolute atomic E-state index is 12.8. The monoisotopic (exact) mass is 405 g/mol. The number of aromatic nitrogens is 4. The second-order valence-electron chi connectivity index (χ2n) is 8.24. The maximum atomic E-state index is 12.8. The van der Waals surface area contributed by atoms with Crippen LogP contribution in [0.25, 0.3) is 10.9 Å². The number of nitrogens with zero attached hydrogens (tertiary/aromatic N) is 5.